The van der Waals surface area contributed by atoms with Crippen LogP contribution in [0.25, 0.3) is 0 Å². The van der Waals surface area contributed by atoms with Crippen LogP contribution in [-0.4, -0.2) is 26.4 Å². The van der Waals surface area contributed by atoms with E-state index >= 15 is 0 Å². The standard InChI is InChI=1S/C17H17FN4O4S2/c1-12-7-8-13(20-28(25,26)17-10-22(2)11-19-17)9-16(12)27(23,24)21-15-6-4-3-5-14(15)18/h3-11,20-21H,1-2H3. The average Bonchev–Trinajstić information content (AvgIpc) is 3.06. The van der Waals surface area contributed by atoms with Crippen LogP contribution in [0.2, 0.25) is 0 Å². The summed E-state index contributed by atoms with van der Waals surface area (Å²) in [5, 5.41) is -0.204. The molecule has 0 unspecified atom stereocenters. The zero-order valence-electron chi connectivity index (χ0n) is 14.9. The smallest absolute Gasteiger partial charge is 0.280 e. The first-order chi connectivity index (χ1) is 13.1. The number of imidazole rings is 1. The number of halogens is 1. The van der Waals surface area contributed by atoms with Crippen LogP contribution in [0, 0.1) is 12.7 Å². The van der Waals surface area contributed by atoms with Crippen molar-refractivity contribution in [3.8, 4) is 0 Å². The highest BCUT2D eigenvalue weighted by atomic mass is 32.2. The van der Waals surface area contributed by atoms with Crippen molar-refractivity contribution in [3.05, 3.63) is 66.4 Å². The number of aromatic nitrogens is 2. The van der Waals surface area contributed by atoms with E-state index in [0.717, 1.165) is 6.07 Å². The molecule has 0 saturated carbocycles. The van der Waals surface area contributed by atoms with E-state index in [4.69, 9.17) is 0 Å². The highest BCUT2D eigenvalue weighted by Crippen LogP contribution is 2.25. The maximum atomic E-state index is 13.8. The second kappa shape index (κ2) is 7.24. The van der Waals surface area contributed by atoms with Crippen molar-refractivity contribution < 1.29 is 21.2 Å². The van der Waals surface area contributed by atoms with Gasteiger partial charge in [0.1, 0.15) is 5.82 Å². The molecule has 1 heterocycles. The first-order valence-electron chi connectivity index (χ1n) is 7.97. The van der Waals surface area contributed by atoms with Crippen molar-refractivity contribution in [2.24, 2.45) is 7.05 Å². The Morgan fingerprint density at radius 1 is 1.00 bits per heavy atom. The number of nitrogens with one attached hydrogen (secondary N) is 2. The maximum absolute atomic E-state index is 13.8. The highest BCUT2D eigenvalue weighted by Gasteiger charge is 2.22. The third kappa shape index (κ3) is 4.15. The molecule has 0 aliphatic rings. The summed E-state index contributed by atoms with van der Waals surface area (Å²) in [6.07, 6.45) is 2.64. The molecule has 0 saturated heterocycles. The van der Waals surface area contributed by atoms with Crippen molar-refractivity contribution in [1.82, 2.24) is 9.55 Å². The minimum atomic E-state index is -4.15. The Bertz CT molecular complexity index is 1240. The van der Waals surface area contributed by atoms with E-state index in [-0.39, 0.29) is 21.3 Å². The maximum Gasteiger partial charge on any atom is 0.280 e. The number of nitrogens with zero attached hydrogens (tertiary/aromatic N) is 2. The molecular weight excluding hydrogens is 407 g/mol. The van der Waals surface area contributed by atoms with E-state index < -0.39 is 25.9 Å². The first-order valence-corrected chi connectivity index (χ1v) is 10.9. The third-order valence-corrected chi connectivity index (χ3v) is 6.58. The van der Waals surface area contributed by atoms with Gasteiger partial charge in [-0.1, -0.05) is 18.2 Å². The van der Waals surface area contributed by atoms with E-state index in [9.17, 15) is 21.2 Å². The molecule has 148 valence electrons. The fourth-order valence-corrected chi connectivity index (χ4v) is 4.80. The Hall–Kier alpha value is -2.92. The second-order valence-corrected chi connectivity index (χ2v) is 9.33. The normalized spacial score (nSPS) is 12.0. The van der Waals surface area contributed by atoms with Gasteiger partial charge < -0.3 is 4.57 Å². The molecule has 1 aromatic heterocycles. The zero-order valence-corrected chi connectivity index (χ0v) is 16.6. The fraction of sp³-hybridized carbons (Fsp3) is 0.118. The zero-order chi connectivity index (χ0) is 20.5. The lowest BCUT2D eigenvalue weighted by molar-refractivity contribution is 0.595. The van der Waals surface area contributed by atoms with Crippen molar-refractivity contribution in [2.75, 3.05) is 9.44 Å². The van der Waals surface area contributed by atoms with Crippen LogP contribution in [0.5, 0.6) is 0 Å². The van der Waals surface area contributed by atoms with E-state index in [1.165, 1.54) is 53.5 Å². The van der Waals surface area contributed by atoms with Crippen molar-refractivity contribution >= 4 is 31.4 Å². The fourth-order valence-electron chi connectivity index (χ4n) is 2.43. The van der Waals surface area contributed by atoms with Gasteiger partial charge in [0.15, 0.2) is 5.03 Å². The number of anilines is 2. The van der Waals surface area contributed by atoms with E-state index in [1.54, 1.807) is 14.0 Å². The van der Waals surface area contributed by atoms with Gasteiger partial charge in [0, 0.05) is 13.2 Å². The molecule has 2 aromatic carbocycles. The van der Waals surface area contributed by atoms with Gasteiger partial charge in [-0.3, -0.25) is 9.44 Å². The summed E-state index contributed by atoms with van der Waals surface area (Å²) in [6, 6.07) is 9.39. The van der Waals surface area contributed by atoms with Crippen LogP contribution in [-0.2, 0) is 27.1 Å². The Balaban J connectivity index is 1.94. The van der Waals surface area contributed by atoms with Crippen LogP contribution in [0.15, 0.2) is 64.9 Å². The molecule has 3 rings (SSSR count). The lowest BCUT2D eigenvalue weighted by Crippen LogP contribution is -2.17. The molecule has 0 amide bonds. The number of benzene rings is 2. The van der Waals surface area contributed by atoms with Gasteiger partial charge in [-0.2, -0.15) is 8.42 Å². The van der Waals surface area contributed by atoms with E-state index in [2.05, 4.69) is 14.4 Å². The molecule has 0 bridgehead atoms. The van der Waals surface area contributed by atoms with Crippen LogP contribution in [0.4, 0.5) is 15.8 Å². The summed E-state index contributed by atoms with van der Waals surface area (Å²) < 4.78 is 69.9. The SMILES string of the molecule is Cc1ccc(NS(=O)(=O)c2cn(C)cn2)cc1S(=O)(=O)Nc1ccccc1F. The Morgan fingerprint density at radius 3 is 2.36 bits per heavy atom. The van der Waals surface area contributed by atoms with Crippen LogP contribution in [0.1, 0.15) is 5.56 Å². The minimum absolute atomic E-state index is 0.0326. The topological polar surface area (TPSA) is 110 Å². The molecule has 0 aliphatic carbocycles. The van der Waals surface area contributed by atoms with Gasteiger partial charge in [0.2, 0.25) is 0 Å². The number of sulfonamides is 2. The molecule has 0 radical (unpaired) electrons. The second-order valence-electron chi connectivity index (χ2n) is 6.05. The number of para-hydroxylation sites is 1. The third-order valence-electron chi connectivity index (χ3n) is 3.80. The number of rotatable bonds is 6. The number of hydrogen-bond acceptors (Lipinski definition) is 5. The van der Waals surface area contributed by atoms with E-state index in [0.29, 0.717) is 5.56 Å². The van der Waals surface area contributed by atoms with Crippen molar-refractivity contribution in [3.63, 3.8) is 0 Å². The van der Waals surface area contributed by atoms with Gasteiger partial charge in [-0.05, 0) is 36.8 Å². The van der Waals surface area contributed by atoms with Crippen LogP contribution in [0.3, 0.4) is 0 Å². The van der Waals surface area contributed by atoms with Crippen LogP contribution < -0.4 is 9.44 Å². The molecule has 0 atom stereocenters. The van der Waals surface area contributed by atoms with Gasteiger partial charge in [0.05, 0.1) is 22.6 Å². The number of hydrogen-bond donors (Lipinski definition) is 2. The predicted octanol–water partition coefficient (Wildman–Crippen LogP) is 2.47. The summed E-state index contributed by atoms with van der Waals surface area (Å²) >= 11 is 0. The summed E-state index contributed by atoms with van der Waals surface area (Å²) in [5.74, 6) is -0.726. The van der Waals surface area contributed by atoms with Gasteiger partial charge in [-0.15, -0.1) is 0 Å². The lowest BCUT2D eigenvalue weighted by Gasteiger charge is -2.13. The molecular formula is C17H17FN4O4S2. The quantitative estimate of drug-likeness (QED) is 0.632. The Labute approximate surface area is 162 Å². The molecule has 0 spiro atoms. The number of aryl methyl sites for hydroxylation is 2. The predicted molar refractivity (Wildman–Crippen MR) is 102 cm³/mol. The molecule has 11 heteroatoms. The summed E-state index contributed by atoms with van der Waals surface area (Å²) in [6.45, 7) is 1.55. The highest BCUT2D eigenvalue weighted by molar-refractivity contribution is 7.93. The molecule has 0 fully saturated rings. The van der Waals surface area contributed by atoms with E-state index in [1.807, 2.05) is 0 Å². The first kappa shape index (κ1) is 19.8. The van der Waals surface area contributed by atoms with Gasteiger partial charge in [0.25, 0.3) is 20.0 Å². The summed E-state index contributed by atoms with van der Waals surface area (Å²) in [5.41, 5.74) is 0.191. The summed E-state index contributed by atoms with van der Waals surface area (Å²) in [4.78, 5) is 3.59. The molecule has 8 nitrogen and oxygen atoms in total. The van der Waals surface area contributed by atoms with Crippen molar-refractivity contribution in [2.45, 2.75) is 16.8 Å². The monoisotopic (exact) mass is 424 g/mol. The largest absolute Gasteiger partial charge is 0.339 e. The minimum Gasteiger partial charge on any atom is -0.339 e. The molecule has 28 heavy (non-hydrogen) atoms. The molecule has 0 aliphatic heterocycles. The Kier molecular flexibility index (Phi) is 5.13. The van der Waals surface area contributed by atoms with Gasteiger partial charge >= 0.3 is 0 Å². The molecule has 3 aromatic rings. The van der Waals surface area contributed by atoms with Crippen LogP contribution >= 0.6 is 0 Å². The van der Waals surface area contributed by atoms with Gasteiger partial charge in [-0.25, -0.2) is 17.8 Å². The lowest BCUT2D eigenvalue weighted by atomic mass is 10.2. The van der Waals surface area contributed by atoms with Crippen molar-refractivity contribution in [1.29, 1.82) is 0 Å². The molecule has 2 N–H and O–H groups in total. The Morgan fingerprint density at radius 2 is 1.71 bits per heavy atom. The summed E-state index contributed by atoms with van der Waals surface area (Å²) in [7, 11) is -6.52. The average molecular weight is 424 g/mol.